The molecule has 0 radical (unpaired) electrons. The van der Waals surface area contributed by atoms with E-state index in [-0.39, 0.29) is 18.2 Å². The van der Waals surface area contributed by atoms with E-state index >= 15 is 0 Å². The molecule has 3 N–H and O–H groups in total. The molecule has 7 nitrogen and oxygen atoms in total. The van der Waals surface area contributed by atoms with E-state index in [2.05, 4.69) is 14.9 Å². The molecule has 0 spiro atoms. The second-order valence-electron chi connectivity index (χ2n) is 3.92. The number of nitrogen functional groups attached to an aromatic ring is 1. The van der Waals surface area contributed by atoms with E-state index in [9.17, 15) is 8.42 Å². The summed E-state index contributed by atoms with van der Waals surface area (Å²) in [6, 6.07) is 10.00. The topological polar surface area (TPSA) is 107 Å². The number of anilines is 2. The molecule has 0 saturated carbocycles. The van der Waals surface area contributed by atoms with Crippen molar-refractivity contribution in [2.75, 3.05) is 22.8 Å². The monoisotopic (exact) mass is 294 g/mol. The number of benzene rings is 1. The van der Waals surface area contributed by atoms with Crippen molar-refractivity contribution in [3.8, 4) is 5.75 Å². The molecule has 0 aliphatic heterocycles. The van der Waals surface area contributed by atoms with Crippen molar-refractivity contribution >= 4 is 21.5 Å². The highest BCUT2D eigenvalue weighted by molar-refractivity contribution is 7.92. The van der Waals surface area contributed by atoms with Crippen molar-refractivity contribution < 1.29 is 13.2 Å². The number of nitrogens with one attached hydrogen (secondary N) is 1. The van der Waals surface area contributed by atoms with Gasteiger partial charge in [0.05, 0.1) is 5.69 Å². The van der Waals surface area contributed by atoms with Crippen LogP contribution in [0.25, 0.3) is 0 Å². The second-order valence-corrected chi connectivity index (χ2v) is 5.76. The number of para-hydroxylation sites is 2. The number of nitrogens with zero attached hydrogens (tertiary/aromatic N) is 2. The lowest BCUT2D eigenvalue weighted by molar-refractivity contribution is 0.343. The van der Waals surface area contributed by atoms with Gasteiger partial charge < -0.3 is 10.5 Å². The summed E-state index contributed by atoms with van der Waals surface area (Å²) in [7, 11) is -3.54. The van der Waals surface area contributed by atoms with Gasteiger partial charge in [-0.3, -0.25) is 4.72 Å². The van der Waals surface area contributed by atoms with Gasteiger partial charge in [-0.15, -0.1) is 5.10 Å². The quantitative estimate of drug-likeness (QED) is 0.766. The van der Waals surface area contributed by atoms with Gasteiger partial charge in [0.1, 0.15) is 18.1 Å². The van der Waals surface area contributed by atoms with Crippen molar-refractivity contribution in [1.82, 2.24) is 10.2 Å². The Hall–Kier alpha value is -2.35. The molecule has 0 unspecified atom stereocenters. The minimum Gasteiger partial charge on any atom is -0.490 e. The van der Waals surface area contributed by atoms with Crippen LogP contribution in [0.3, 0.4) is 0 Å². The molecular formula is C12H14N4O3S. The highest BCUT2D eigenvalue weighted by atomic mass is 32.2. The highest BCUT2D eigenvalue weighted by Gasteiger charge is 2.12. The minimum absolute atomic E-state index is 0.0101. The van der Waals surface area contributed by atoms with Crippen LogP contribution < -0.4 is 15.2 Å². The molecule has 2 rings (SSSR count). The molecule has 106 valence electrons. The van der Waals surface area contributed by atoms with Crippen molar-refractivity contribution in [2.24, 2.45) is 0 Å². The number of aromatic nitrogens is 2. The first kappa shape index (κ1) is 14.1. The lowest BCUT2D eigenvalue weighted by Gasteiger charge is -2.09. The number of sulfonamides is 1. The zero-order valence-corrected chi connectivity index (χ0v) is 11.4. The fraction of sp³-hybridized carbons (Fsp3) is 0.167. The van der Waals surface area contributed by atoms with Crippen LogP contribution >= 0.6 is 0 Å². The Morgan fingerprint density at radius 2 is 2.00 bits per heavy atom. The van der Waals surface area contributed by atoms with E-state index in [1.165, 1.54) is 12.3 Å². The maximum Gasteiger partial charge on any atom is 0.237 e. The van der Waals surface area contributed by atoms with E-state index in [1.807, 2.05) is 0 Å². The minimum atomic E-state index is -3.54. The van der Waals surface area contributed by atoms with Crippen LogP contribution in [0.1, 0.15) is 0 Å². The number of hydrogen-bond donors (Lipinski definition) is 2. The Labute approximate surface area is 116 Å². The summed E-state index contributed by atoms with van der Waals surface area (Å²) < 4.78 is 31.2. The maximum absolute atomic E-state index is 11.8. The van der Waals surface area contributed by atoms with Crippen LogP contribution in [-0.4, -0.2) is 31.0 Å². The van der Waals surface area contributed by atoms with Gasteiger partial charge in [0, 0.05) is 6.20 Å². The van der Waals surface area contributed by atoms with Crippen LogP contribution in [0.4, 0.5) is 11.5 Å². The zero-order valence-electron chi connectivity index (χ0n) is 10.6. The van der Waals surface area contributed by atoms with E-state index in [0.29, 0.717) is 11.4 Å². The predicted octanol–water partition coefficient (Wildman–Crippen LogP) is 0.879. The molecule has 0 atom stereocenters. The van der Waals surface area contributed by atoms with Gasteiger partial charge in [-0.25, -0.2) is 8.42 Å². The first-order chi connectivity index (χ1) is 9.57. The third-order valence-corrected chi connectivity index (χ3v) is 3.59. The summed E-state index contributed by atoms with van der Waals surface area (Å²) in [6.45, 7) is -0.0101. The third-order valence-electron chi connectivity index (χ3n) is 2.36. The molecule has 0 aliphatic carbocycles. The van der Waals surface area contributed by atoms with Crippen LogP contribution in [-0.2, 0) is 10.0 Å². The highest BCUT2D eigenvalue weighted by Crippen LogP contribution is 2.19. The lowest BCUT2D eigenvalue weighted by Crippen LogP contribution is -2.22. The molecule has 2 aromatic rings. The van der Waals surface area contributed by atoms with Gasteiger partial charge in [0.15, 0.2) is 5.82 Å². The summed E-state index contributed by atoms with van der Waals surface area (Å²) in [5.41, 5.74) is 6.15. The Balaban J connectivity index is 1.89. The average Bonchev–Trinajstić information content (AvgIpc) is 2.41. The predicted molar refractivity (Wildman–Crippen MR) is 75.8 cm³/mol. The van der Waals surface area contributed by atoms with Gasteiger partial charge in [-0.05, 0) is 24.3 Å². The SMILES string of the molecule is Nc1ccccc1OCCS(=O)(=O)Nc1cccnn1. The Morgan fingerprint density at radius 1 is 1.20 bits per heavy atom. The smallest absolute Gasteiger partial charge is 0.237 e. The van der Waals surface area contributed by atoms with E-state index in [0.717, 1.165) is 0 Å². The molecule has 1 heterocycles. The molecule has 0 fully saturated rings. The van der Waals surface area contributed by atoms with Crippen molar-refractivity contribution in [3.05, 3.63) is 42.6 Å². The van der Waals surface area contributed by atoms with Crippen LogP contribution in [0, 0.1) is 0 Å². The normalized spacial score (nSPS) is 11.0. The van der Waals surface area contributed by atoms with Crippen molar-refractivity contribution in [3.63, 3.8) is 0 Å². The van der Waals surface area contributed by atoms with Crippen LogP contribution in [0.2, 0.25) is 0 Å². The second kappa shape index (κ2) is 6.20. The van der Waals surface area contributed by atoms with Crippen molar-refractivity contribution in [2.45, 2.75) is 0 Å². The molecule has 1 aromatic carbocycles. The molecule has 8 heteroatoms. The summed E-state index contributed by atoms with van der Waals surface area (Å²) in [4.78, 5) is 0. The Bertz CT molecular complexity index is 661. The fourth-order valence-corrected chi connectivity index (χ4v) is 2.27. The van der Waals surface area contributed by atoms with Crippen molar-refractivity contribution in [1.29, 1.82) is 0 Å². The van der Waals surface area contributed by atoms with Gasteiger partial charge in [0.25, 0.3) is 0 Å². The first-order valence-corrected chi connectivity index (χ1v) is 7.47. The van der Waals surface area contributed by atoms with Gasteiger partial charge in [-0.2, -0.15) is 5.10 Å². The summed E-state index contributed by atoms with van der Waals surface area (Å²) in [6.07, 6.45) is 1.46. The molecule has 0 saturated heterocycles. The Morgan fingerprint density at radius 3 is 2.70 bits per heavy atom. The number of ether oxygens (including phenoxy) is 1. The molecule has 0 aliphatic rings. The largest absolute Gasteiger partial charge is 0.490 e. The van der Waals surface area contributed by atoms with E-state index in [1.54, 1.807) is 30.3 Å². The molecule has 20 heavy (non-hydrogen) atoms. The summed E-state index contributed by atoms with van der Waals surface area (Å²) in [5.74, 6) is 0.423. The van der Waals surface area contributed by atoms with Crippen LogP contribution in [0.15, 0.2) is 42.6 Å². The van der Waals surface area contributed by atoms with Gasteiger partial charge >= 0.3 is 0 Å². The first-order valence-electron chi connectivity index (χ1n) is 5.82. The van der Waals surface area contributed by atoms with Gasteiger partial charge in [0.2, 0.25) is 10.0 Å². The lowest BCUT2D eigenvalue weighted by atomic mass is 10.3. The fourth-order valence-electron chi connectivity index (χ4n) is 1.44. The number of nitrogens with two attached hydrogens (primary N) is 1. The standard InChI is InChI=1S/C12H14N4O3S/c13-10-4-1-2-5-11(10)19-8-9-20(17,18)16-12-6-3-7-14-15-12/h1-7H,8-9,13H2,(H,15,16). The van der Waals surface area contributed by atoms with Crippen LogP contribution in [0.5, 0.6) is 5.75 Å². The zero-order chi connectivity index (χ0) is 14.4. The average molecular weight is 294 g/mol. The van der Waals surface area contributed by atoms with Gasteiger partial charge in [-0.1, -0.05) is 12.1 Å². The number of hydrogen-bond acceptors (Lipinski definition) is 6. The molecule has 1 aromatic heterocycles. The maximum atomic E-state index is 11.8. The number of rotatable bonds is 6. The summed E-state index contributed by atoms with van der Waals surface area (Å²) in [5, 5.41) is 7.23. The van der Waals surface area contributed by atoms with E-state index in [4.69, 9.17) is 10.5 Å². The molecule has 0 amide bonds. The summed E-state index contributed by atoms with van der Waals surface area (Å²) >= 11 is 0. The Kier molecular flexibility index (Phi) is 4.36. The molecular weight excluding hydrogens is 280 g/mol. The molecule has 0 bridgehead atoms. The third kappa shape index (κ3) is 4.09. The van der Waals surface area contributed by atoms with E-state index < -0.39 is 10.0 Å².